The van der Waals surface area contributed by atoms with Gasteiger partial charge < -0.3 is 15.1 Å². The number of carbonyl (C=O) groups excluding carboxylic acids is 1. The number of anilines is 1. The summed E-state index contributed by atoms with van der Waals surface area (Å²) in [5, 5.41) is 4.54. The van der Waals surface area contributed by atoms with Crippen molar-refractivity contribution in [3.8, 4) is 0 Å². The number of halogens is 1. The average Bonchev–Trinajstić information content (AvgIpc) is 3.16. The number of nitrogens with one attached hydrogen (secondary N) is 1. The molecule has 1 fully saturated rings. The van der Waals surface area contributed by atoms with E-state index < -0.39 is 0 Å². The van der Waals surface area contributed by atoms with Gasteiger partial charge in [0.05, 0.1) is 11.6 Å². The number of amides is 1. The lowest BCUT2D eigenvalue weighted by Crippen LogP contribution is -2.51. The number of rotatable bonds is 6. The number of thioether (sulfide) groups is 1. The van der Waals surface area contributed by atoms with Gasteiger partial charge in [0.1, 0.15) is 12.1 Å². The number of fused-ring (bicyclic) bond motifs is 1. The SMILES string of the molecule is CC(C)NC[C@@H](C(=O)N1CCN(c2ncnc3c2[C@H](C)SC3)CC1)c1ccc(Cl)cc1. The second-order valence-corrected chi connectivity index (χ2v) is 10.3. The summed E-state index contributed by atoms with van der Waals surface area (Å²) in [7, 11) is 0. The first-order valence-corrected chi connectivity index (χ1v) is 12.3. The standard InChI is InChI=1S/C23H30ClN5OS/c1-15(2)25-12-19(17-4-6-18(24)7-5-17)23(30)29-10-8-28(9-11-29)22-21-16(3)31-13-20(21)26-14-27-22/h4-7,14-16,19,25H,8-13H2,1-3H3/t16-,19+/m0/s1. The van der Waals surface area contributed by atoms with E-state index >= 15 is 0 Å². The molecule has 8 heteroatoms. The van der Waals surface area contributed by atoms with Crippen LogP contribution >= 0.6 is 23.4 Å². The van der Waals surface area contributed by atoms with Crippen molar-refractivity contribution in [2.45, 2.75) is 43.7 Å². The third-order valence-corrected chi connectivity index (χ3v) is 7.44. The first-order valence-electron chi connectivity index (χ1n) is 10.9. The van der Waals surface area contributed by atoms with E-state index in [2.05, 4.69) is 41.0 Å². The van der Waals surface area contributed by atoms with E-state index in [1.54, 1.807) is 6.33 Å². The highest BCUT2D eigenvalue weighted by atomic mass is 35.5. The predicted octanol–water partition coefficient (Wildman–Crippen LogP) is 3.87. The van der Waals surface area contributed by atoms with Crippen molar-refractivity contribution in [3.05, 3.63) is 52.4 Å². The Morgan fingerprint density at radius 1 is 1.19 bits per heavy atom. The number of hydrogen-bond acceptors (Lipinski definition) is 6. The minimum Gasteiger partial charge on any atom is -0.353 e. The van der Waals surface area contributed by atoms with Crippen LogP contribution in [0.3, 0.4) is 0 Å². The summed E-state index contributed by atoms with van der Waals surface area (Å²) >= 11 is 7.98. The summed E-state index contributed by atoms with van der Waals surface area (Å²) in [6, 6.07) is 7.97. The van der Waals surface area contributed by atoms with Crippen LogP contribution in [0.4, 0.5) is 5.82 Å². The molecule has 1 aromatic carbocycles. The van der Waals surface area contributed by atoms with Gasteiger partial charge in [0.2, 0.25) is 5.91 Å². The molecule has 1 aromatic heterocycles. The Hall–Kier alpha value is -1.83. The first kappa shape index (κ1) is 22.4. The van der Waals surface area contributed by atoms with Crippen LogP contribution in [0.5, 0.6) is 0 Å². The minimum atomic E-state index is -0.217. The zero-order valence-corrected chi connectivity index (χ0v) is 19.9. The van der Waals surface area contributed by atoms with E-state index in [4.69, 9.17) is 11.6 Å². The van der Waals surface area contributed by atoms with Crippen molar-refractivity contribution in [3.63, 3.8) is 0 Å². The summed E-state index contributed by atoms with van der Waals surface area (Å²) in [6.07, 6.45) is 1.68. The van der Waals surface area contributed by atoms with Crippen molar-refractivity contribution in [2.75, 3.05) is 37.6 Å². The molecule has 2 atom stereocenters. The van der Waals surface area contributed by atoms with Crippen LogP contribution in [0.2, 0.25) is 5.02 Å². The zero-order chi connectivity index (χ0) is 22.0. The van der Waals surface area contributed by atoms with Gasteiger partial charge in [-0.2, -0.15) is 0 Å². The van der Waals surface area contributed by atoms with Gasteiger partial charge in [0, 0.05) is 60.4 Å². The minimum absolute atomic E-state index is 0.173. The van der Waals surface area contributed by atoms with Crippen molar-refractivity contribution in [1.82, 2.24) is 20.2 Å². The van der Waals surface area contributed by atoms with E-state index in [1.165, 1.54) is 5.56 Å². The number of hydrogen-bond donors (Lipinski definition) is 1. The fourth-order valence-electron chi connectivity index (χ4n) is 4.25. The fraction of sp³-hybridized carbons (Fsp3) is 0.522. The van der Waals surface area contributed by atoms with Crippen LogP contribution in [0.1, 0.15) is 48.8 Å². The zero-order valence-electron chi connectivity index (χ0n) is 18.3. The van der Waals surface area contributed by atoms with Crippen LogP contribution in [0.25, 0.3) is 0 Å². The van der Waals surface area contributed by atoms with Gasteiger partial charge in [0.15, 0.2) is 0 Å². The molecule has 1 saturated heterocycles. The second-order valence-electron chi connectivity index (χ2n) is 8.49. The number of benzene rings is 1. The first-order chi connectivity index (χ1) is 14.9. The van der Waals surface area contributed by atoms with E-state index in [1.807, 2.05) is 40.9 Å². The van der Waals surface area contributed by atoms with E-state index in [0.717, 1.165) is 35.9 Å². The summed E-state index contributed by atoms with van der Waals surface area (Å²) < 4.78 is 0. The number of piperazine rings is 1. The van der Waals surface area contributed by atoms with Crippen LogP contribution in [0.15, 0.2) is 30.6 Å². The molecular formula is C23H30ClN5OS. The van der Waals surface area contributed by atoms with Gasteiger partial charge in [-0.1, -0.05) is 37.6 Å². The van der Waals surface area contributed by atoms with Gasteiger partial charge in [-0.15, -0.1) is 11.8 Å². The highest BCUT2D eigenvalue weighted by Crippen LogP contribution is 2.44. The molecule has 0 spiro atoms. The van der Waals surface area contributed by atoms with E-state index in [9.17, 15) is 4.79 Å². The van der Waals surface area contributed by atoms with Crippen molar-refractivity contribution >= 4 is 35.1 Å². The van der Waals surface area contributed by atoms with Gasteiger partial charge in [-0.25, -0.2) is 9.97 Å². The molecule has 1 N–H and O–H groups in total. The fourth-order valence-corrected chi connectivity index (χ4v) is 5.42. The lowest BCUT2D eigenvalue weighted by Gasteiger charge is -2.38. The number of aromatic nitrogens is 2. The molecular weight excluding hydrogens is 430 g/mol. The molecule has 2 aliphatic rings. The van der Waals surface area contributed by atoms with Crippen LogP contribution in [0, 0.1) is 0 Å². The Kier molecular flexibility index (Phi) is 7.04. The second kappa shape index (κ2) is 9.76. The molecule has 31 heavy (non-hydrogen) atoms. The maximum absolute atomic E-state index is 13.5. The lowest BCUT2D eigenvalue weighted by molar-refractivity contribution is -0.133. The lowest BCUT2D eigenvalue weighted by atomic mass is 9.96. The normalized spacial score (nSPS) is 19.6. The summed E-state index contributed by atoms with van der Waals surface area (Å²) in [5.41, 5.74) is 3.43. The van der Waals surface area contributed by atoms with Crippen LogP contribution < -0.4 is 10.2 Å². The summed E-state index contributed by atoms with van der Waals surface area (Å²) in [5.74, 6) is 1.96. The molecule has 2 aliphatic heterocycles. The average molecular weight is 460 g/mol. The largest absolute Gasteiger partial charge is 0.353 e. The third-order valence-electron chi connectivity index (χ3n) is 6.01. The molecule has 3 heterocycles. The van der Waals surface area contributed by atoms with Crippen molar-refractivity contribution in [1.29, 1.82) is 0 Å². The maximum Gasteiger partial charge on any atom is 0.231 e. The van der Waals surface area contributed by atoms with Gasteiger partial charge >= 0.3 is 0 Å². The van der Waals surface area contributed by atoms with Crippen LogP contribution in [-0.2, 0) is 10.5 Å². The summed E-state index contributed by atoms with van der Waals surface area (Å²) in [6.45, 7) is 10.0. The quantitative estimate of drug-likeness (QED) is 0.707. The van der Waals surface area contributed by atoms with E-state index in [-0.39, 0.29) is 11.8 Å². The van der Waals surface area contributed by atoms with E-state index in [0.29, 0.717) is 35.9 Å². The monoisotopic (exact) mass is 459 g/mol. The number of nitrogens with zero attached hydrogens (tertiary/aromatic N) is 4. The molecule has 2 aromatic rings. The Bertz CT molecular complexity index is 915. The molecule has 0 bridgehead atoms. The predicted molar refractivity (Wildman–Crippen MR) is 128 cm³/mol. The summed E-state index contributed by atoms with van der Waals surface area (Å²) in [4.78, 5) is 26.9. The van der Waals surface area contributed by atoms with Gasteiger partial charge in [-0.05, 0) is 24.6 Å². The van der Waals surface area contributed by atoms with Gasteiger partial charge in [0.25, 0.3) is 0 Å². The molecule has 166 valence electrons. The Balaban J connectivity index is 1.46. The molecule has 0 unspecified atom stereocenters. The van der Waals surface area contributed by atoms with Crippen LogP contribution in [-0.4, -0.2) is 59.5 Å². The Labute approximate surface area is 193 Å². The molecule has 4 rings (SSSR count). The molecule has 0 aliphatic carbocycles. The molecule has 0 radical (unpaired) electrons. The Morgan fingerprint density at radius 3 is 2.58 bits per heavy atom. The smallest absolute Gasteiger partial charge is 0.231 e. The maximum atomic E-state index is 13.5. The number of carbonyl (C=O) groups is 1. The highest BCUT2D eigenvalue weighted by molar-refractivity contribution is 7.99. The molecule has 1 amide bonds. The Morgan fingerprint density at radius 2 is 1.90 bits per heavy atom. The third kappa shape index (κ3) is 4.99. The van der Waals surface area contributed by atoms with Gasteiger partial charge in [-0.3, -0.25) is 4.79 Å². The van der Waals surface area contributed by atoms with Crippen molar-refractivity contribution < 1.29 is 4.79 Å². The van der Waals surface area contributed by atoms with Crippen molar-refractivity contribution in [2.24, 2.45) is 0 Å². The molecule has 0 saturated carbocycles. The topological polar surface area (TPSA) is 61.4 Å². The highest BCUT2D eigenvalue weighted by Gasteiger charge is 2.32. The molecule has 6 nitrogen and oxygen atoms in total.